The first-order valence-corrected chi connectivity index (χ1v) is 12.4. The third kappa shape index (κ3) is 3.86. The first-order valence-electron chi connectivity index (χ1n) is 12.4. The Bertz CT molecular complexity index is 1350. The van der Waals surface area contributed by atoms with Crippen LogP contribution in [0.15, 0.2) is 59.7 Å². The number of carbonyl (C=O) groups is 1. The Labute approximate surface area is 205 Å². The molecule has 1 amide bonds. The predicted molar refractivity (Wildman–Crippen MR) is 134 cm³/mol. The van der Waals surface area contributed by atoms with E-state index in [4.69, 9.17) is 4.99 Å². The first-order chi connectivity index (χ1) is 17.0. The zero-order valence-corrected chi connectivity index (χ0v) is 20.2. The zero-order chi connectivity index (χ0) is 24.1. The molecule has 2 atom stereocenters. The van der Waals surface area contributed by atoms with Crippen LogP contribution in [0.3, 0.4) is 0 Å². The molecule has 0 bridgehead atoms. The number of hydrogen-bond donors (Lipinski definition) is 0. The average molecular weight is 469 g/mol. The van der Waals surface area contributed by atoms with Crippen LogP contribution in [0.25, 0.3) is 0 Å². The van der Waals surface area contributed by atoms with E-state index in [1.54, 1.807) is 6.07 Å². The molecule has 2 aromatic carbocycles. The maximum Gasteiger partial charge on any atom is 0.227 e. The molecule has 3 aliphatic heterocycles. The van der Waals surface area contributed by atoms with Crippen LogP contribution in [0.4, 0.5) is 4.39 Å². The second kappa shape index (κ2) is 8.68. The molecule has 6 heteroatoms. The number of aliphatic imine (C=N–C) groups is 1. The number of pyridine rings is 1. The molecule has 0 saturated carbocycles. The molecule has 3 aliphatic rings. The van der Waals surface area contributed by atoms with Crippen molar-refractivity contribution in [2.24, 2.45) is 4.99 Å². The molecule has 0 aliphatic carbocycles. The molecule has 6 rings (SSSR count). The Morgan fingerprint density at radius 1 is 1.06 bits per heavy atom. The summed E-state index contributed by atoms with van der Waals surface area (Å²) >= 11 is 0. The third-order valence-corrected chi connectivity index (χ3v) is 7.78. The summed E-state index contributed by atoms with van der Waals surface area (Å²) in [4.78, 5) is 26.9. The second-order valence-corrected chi connectivity index (χ2v) is 9.87. The van der Waals surface area contributed by atoms with Crippen molar-refractivity contribution >= 4 is 11.6 Å². The number of nitrogens with zero attached hydrogens (tertiary/aromatic N) is 4. The number of benzene rings is 2. The number of likely N-dealkylation sites (N-methyl/N-ethyl adjacent to an activating group) is 1. The van der Waals surface area contributed by atoms with Crippen LogP contribution in [-0.4, -0.2) is 52.1 Å². The van der Waals surface area contributed by atoms with Crippen molar-refractivity contribution in [2.45, 2.75) is 45.3 Å². The van der Waals surface area contributed by atoms with Crippen molar-refractivity contribution in [3.05, 3.63) is 99.6 Å². The van der Waals surface area contributed by atoms with E-state index in [0.29, 0.717) is 25.1 Å². The third-order valence-electron chi connectivity index (χ3n) is 7.78. The first kappa shape index (κ1) is 22.1. The quantitative estimate of drug-likeness (QED) is 0.575. The van der Waals surface area contributed by atoms with E-state index in [0.717, 1.165) is 47.7 Å². The monoisotopic (exact) mass is 468 g/mol. The molecule has 1 saturated heterocycles. The SMILES string of the molecule is CCN1C[C@@H](N2Cc3cc4c(cc3CC2=O)CN=C4c2ccnc(C)c2)[C@H](c2ccccc2F)C1. The van der Waals surface area contributed by atoms with Crippen molar-refractivity contribution < 1.29 is 9.18 Å². The lowest BCUT2D eigenvalue weighted by Gasteiger charge is -2.37. The number of likely N-dealkylation sites (tertiary alicyclic amines) is 1. The van der Waals surface area contributed by atoms with E-state index >= 15 is 0 Å². The number of aromatic nitrogens is 1. The molecule has 0 radical (unpaired) electrons. The summed E-state index contributed by atoms with van der Waals surface area (Å²) in [7, 11) is 0. The average Bonchev–Trinajstić information content (AvgIpc) is 3.46. The van der Waals surface area contributed by atoms with E-state index in [1.165, 1.54) is 17.2 Å². The van der Waals surface area contributed by atoms with Gasteiger partial charge in [0, 0.05) is 48.6 Å². The van der Waals surface area contributed by atoms with Crippen molar-refractivity contribution in [1.82, 2.24) is 14.8 Å². The van der Waals surface area contributed by atoms with E-state index in [9.17, 15) is 9.18 Å². The molecule has 0 spiro atoms. The van der Waals surface area contributed by atoms with Gasteiger partial charge < -0.3 is 9.80 Å². The molecule has 1 aromatic heterocycles. The topological polar surface area (TPSA) is 48.8 Å². The highest BCUT2D eigenvalue weighted by molar-refractivity contribution is 6.15. The van der Waals surface area contributed by atoms with Gasteiger partial charge in [0.2, 0.25) is 5.91 Å². The summed E-state index contributed by atoms with van der Waals surface area (Å²) in [5.41, 5.74) is 8.35. The van der Waals surface area contributed by atoms with E-state index in [2.05, 4.69) is 35.0 Å². The Kier molecular flexibility index (Phi) is 5.49. The Morgan fingerprint density at radius 3 is 2.71 bits per heavy atom. The van der Waals surface area contributed by atoms with Crippen molar-refractivity contribution in [2.75, 3.05) is 19.6 Å². The smallest absolute Gasteiger partial charge is 0.227 e. The second-order valence-electron chi connectivity index (χ2n) is 9.87. The van der Waals surface area contributed by atoms with Gasteiger partial charge >= 0.3 is 0 Å². The fourth-order valence-electron chi connectivity index (χ4n) is 5.95. The Hall–Kier alpha value is -3.38. The molecule has 1 fully saturated rings. The highest BCUT2D eigenvalue weighted by atomic mass is 19.1. The van der Waals surface area contributed by atoms with Gasteiger partial charge in [-0.3, -0.25) is 14.8 Å². The number of rotatable bonds is 4. The Balaban J connectivity index is 1.34. The van der Waals surface area contributed by atoms with Gasteiger partial charge in [0.25, 0.3) is 0 Å². The summed E-state index contributed by atoms with van der Waals surface area (Å²) in [6.45, 7) is 7.73. The summed E-state index contributed by atoms with van der Waals surface area (Å²) in [5, 5.41) is 0. The summed E-state index contributed by atoms with van der Waals surface area (Å²) in [5.74, 6) is -0.0877. The van der Waals surface area contributed by atoms with Gasteiger partial charge in [0.15, 0.2) is 0 Å². The van der Waals surface area contributed by atoms with Gasteiger partial charge in [-0.1, -0.05) is 31.2 Å². The lowest BCUT2D eigenvalue weighted by molar-refractivity contribution is -0.134. The van der Waals surface area contributed by atoms with E-state index in [1.807, 2.05) is 36.2 Å². The molecule has 0 unspecified atom stereocenters. The standard InChI is InChI=1S/C29H29FN4O/c1-3-33-16-25(23-6-4-5-7-26(23)30)27(17-33)34-15-22-12-24-21(11-20(22)13-28(34)35)14-32-29(24)19-8-9-31-18(2)10-19/h4-12,25,27H,3,13-17H2,1-2H3/t25-,27+/m0/s1. The van der Waals surface area contributed by atoms with E-state index in [-0.39, 0.29) is 23.7 Å². The van der Waals surface area contributed by atoms with Crippen LogP contribution < -0.4 is 0 Å². The molecule has 3 aromatic rings. The van der Waals surface area contributed by atoms with Crippen LogP contribution in [0.1, 0.15) is 51.9 Å². The number of carbonyl (C=O) groups excluding carboxylic acids is 1. The van der Waals surface area contributed by atoms with Crippen LogP contribution in [0.5, 0.6) is 0 Å². The predicted octanol–water partition coefficient (Wildman–Crippen LogP) is 4.25. The molecule has 178 valence electrons. The number of halogens is 1. The van der Waals surface area contributed by atoms with Crippen LogP contribution in [-0.2, 0) is 24.3 Å². The van der Waals surface area contributed by atoms with Gasteiger partial charge in [-0.2, -0.15) is 0 Å². The van der Waals surface area contributed by atoms with Gasteiger partial charge in [-0.05, 0) is 60.0 Å². The largest absolute Gasteiger partial charge is 0.333 e. The van der Waals surface area contributed by atoms with Gasteiger partial charge in [0.05, 0.1) is 24.7 Å². The number of amides is 1. The summed E-state index contributed by atoms with van der Waals surface area (Å²) in [6.07, 6.45) is 2.21. The highest BCUT2D eigenvalue weighted by Crippen LogP contribution is 2.37. The van der Waals surface area contributed by atoms with Gasteiger partial charge in [-0.15, -0.1) is 0 Å². The fraction of sp³-hybridized carbons (Fsp3) is 0.345. The molecule has 5 nitrogen and oxygen atoms in total. The number of hydrogen-bond acceptors (Lipinski definition) is 4. The van der Waals surface area contributed by atoms with Crippen LogP contribution in [0.2, 0.25) is 0 Å². The minimum atomic E-state index is -0.184. The molecule has 0 N–H and O–H groups in total. The molecular formula is C29H29FN4O. The maximum absolute atomic E-state index is 14.8. The highest BCUT2D eigenvalue weighted by Gasteiger charge is 2.41. The zero-order valence-electron chi connectivity index (χ0n) is 20.2. The minimum absolute atomic E-state index is 0.0343. The van der Waals surface area contributed by atoms with Crippen molar-refractivity contribution in [1.29, 1.82) is 0 Å². The summed E-state index contributed by atoms with van der Waals surface area (Å²) in [6, 6.07) is 15.5. The molecular weight excluding hydrogens is 439 g/mol. The van der Waals surface area contributed by atoms with Crippen LogP contribution >= 0.6 is 0 Å². The van der Waals surface area contributed by atoms with Gasteiger partial charge in [0.1, 0.15) is 5.82 Å². The van der Waals surface area contributed by atoms with Crippen molar-refractivity contribution in [3.8, 4) is 0 Å². The van der Waals surface area contributed by atoms with E-state index < -0.39 is 0 Å². The number of fused-ring (bicyclic) bond motifs is 2. The lowest BCUT2D eigenvalue weighted by Crippen LogP contribution is -2.47. The number of aryl methyl sites for hydroxylation is 1. The summed E-state index contributed by atoms with van der Waals surface area (Å²) < 4.78 is 14.8. The normalized spacial score (nSPS) is 21.7. The fourth-order valence-corrected chi connectivity index (χ4v) is 5.95. The minimum Gasteiger partial charge on any atom is -0.333 e. The maximum atomic E-state index is 14.8. The molecule has 35 heavy (non-hydrogen) atoms. The van der Waals surface area contributed by atoms with Gasteiger partial charge in [-0.25, -0.2) is 4.39 Å². The molecule has 4 heterocycles. The van der Waals surface area contributed by atoms with Crippen molar-refractivity contribution in [3.63, 3.8) is 0 Å². The lowest BCUT2D eigenvalue weighted by atomic mass is 9.88. The Morgan fingerprint density at radius 2 is 1.91 bits per heavy atom. The van der Waals surface area contributed by atoms with Crippen LogP contribution in [0, 0.1) is 12.7 Å².